The quantitative estimate of drug-likeness (QED) is 0.878. The highest BCUT2D eigenvalue weighted by molar-refractivity contribution is 7.16. The molecule has 2 aromatic rings. The van der Waals surface area contributed by atoms with E-state index in [1.165, 1.54) is 16.9 Å². The van der Waals surface area contributed by atoms with E-state index in [0.717, 1.165) is 21.2 Å². The number of benzene rings is 1. The molecule has 1 atom stereocenters. The number of aliphatic hydroxyl groups is 1. The van der Waals surface area contributed by atoms with E-state index >= 15 is 0 Å². The molecule has 0 aliphatic rings. The summed E-state index contributed by atoms with van der Waals surface area (Å²) in [4.78, 5) is 0.926. The molecule has 0 aliphatic heterocycles. The SMILES string of the molecule is CCc1ccc(CC(O)c2ccc(Cl)s2)cc1. The Kier molecular flexibility index (Phi) is 4.21. The Balaban J connectivity index is 2.04. The molecule has 0 fully saturated rings. The van der Waals surface area contributed by atoms with Crippen LogP contribution in [0.2, 0.25) is 4.34 Å². The number of aryl methyl sites for hydroxylation is 1. The molecule has 0 spiro atoms. The predicted octanol–water partition coefficient (Wildman–Crippen LogP) is 4.24. The van der Waals surface area contributed by atoms with Crippen molar-refractivity contribution in [2.75, 3.05) is 0 Å². The molecule has 0 radical (unpaired) electrons. The lowest BCUT2D eigenvalue weighted by molar-refractivity contribution is 0.182. The number of hydrogen-bond acceptors (Lipinski definition) is 2. The van der Waals surface area contributed by atoms with Gasteiger partial charge < -0.3 is 5.11 Å². The van der Waals surface area contributed by atoms with Gasteiger partial charge in [-0.2, -0.15) is 0 Å². The first-order valence-corrected chi connectivity index (χ1v) is 6.89. The maximum absolute atomic E-state index is 10.1. The van der Waals surface area contributed by atoms with Crippen LogP contribution in [-0.4, -0.2) is 5.11 Å². The molecule has 90 valence electrons. The van der Waals surface area contributed by atoms with Gasteiger partial charge in [0.15, 0.2) is 0 Å². The van der Waals surface area contributed by atoms with Crippen molar-refractivity contribution in [2.45, 2.75) is 25.9 Å². The molecule has 0 aliphatic carbocycles. The van der Waals surface area contributed by atoms with Crippen LogP contribution < -0.4 is 0 Å². The van der Waals surface area contributed by atoms with Gasteiger partial charge in [0.1, 0.15) is 0 Å². The van der Waals surface area contributed by atoms with Crippen LogP contribution in [0.15, 0.2) is 36.4 Å². The van der Waals surface area contributed by atoms with E-state index in [9.17, 15) is 5.11 Å². The summed E-state index contributed by atoms with van der Waals surface area (Å²) in [7, 11) is 0. The van der Waals surface area contributed by atoms with E-state index in [1.807, 2.05) is 12.1 Å². The summed E-state index contributed by atoms with van der Waals surface area (Å²) in [5.74, 6) is 0. The topological polar surface area (TPSA) is 20.2 Å². The lowest BCUT2D eigenvalue weighted by atomic mass is 10.0. The van der Waals surface area contributed by atoms with Gasteiger partial charge in [-0.05, 0) is 29.7 Å². The van der Waals surface area contributed by atoms with Crippen molar-refractivity contribution in [2.24, 2.45) is 0 Å². The summed E-state index contributed by atoms with van der Waals surface area (Å²) < 4.78 is 0.723. The molecule has 0 amide bonds. The average Bonchev–Trinajstić information content (AvgIpc) is 2.77. The van der Waals surface area contributed by atoms with E-state index in [0.29, 0.717) is 6.42 Å². The number of hydrogen-bond donors (Lipinski definition) is 1. The first kappa shape index (κ1) is 12.6. The van der Waals surface area contributed by atoms with Gasteiger partial charge in [-0.3, -0.25) is 0 Å². The van der Waals surface area contributed by atoms with Crippen molar-refractivity contribution < 1.29 is 5.11 Å². The lowest BCUT2D eigenvalue weighted by Crippen LogP contribution is -1.99. The second kappa shape index (κ2) is 5.67. The van der Waals surface area contributed by atoms with Gasteiger partial charge in [-0.15, -0.1) is 11.3 Å². The van der Waals surface area contributed by atoms with Crippen molar-refractivity contribution in [1.82, 2.24) is 0 Å². The normalized spacial score (nSPS) is 12.6. The van der Waals surface area contributed by atoms with Gasteiger partial charge in [0.25, 0.3) is 0 Å². The smallest absolute Gasteiger partial charge is 0.0932 e. The fourth-order valence-electron chi connectivity index (χ4n) is 1.74. The summed E-state index contributed by atoms with van der Waals surface area (Å²) in [6.07, 6.45) is 1.23. The number of rotatable bonds is 4. The zero-order chi connectivity index (χ0) is 12.3. The average molecular weight is 267 g/mol. The Morgan fingerprint density at radius 2 is 1.76 bits per heavy atom. The van der Waals surface area contributed by atoms with Crippen molar-refractivity contribution in [1.29, 1.82) is 0 Å². The molecule has 3 heteroatoms. The molecular weight excluding hydrogens is 252 g/mol. The fraction of sp³-hybridized carbons (Fsp3) is 0.286. The lowest BCUT2D eigenvalue weighted by Gasteiger charge is -2.08. The van der Waals surface area contributed by atoms with Gasteiger partial charge in [0.2, 0.25) is 0 Å². The first-order valence-electron chi connectivity index (χ1n) is 5.70. The third-order valence-electron chi connectivity index (χ3n) is 2.78. The Hall–Kier alpha value is -0.830. The molecule has 1 unspecified atom stereocenters. The summed E-state index contributed by atoms with van der Waals surface area (Å²) in [5, 5.41) is 10.1. The van der Waals surface area contributed by atoms with Crippen LogP contribution in [0.5, 0.6) is 0 Å². The van der Waals surface area contributed by atoms with Crippen LogP contribution in [0.1, 0.15) is 29.0 Å². The minimum Gasteiger partial charge on any atom is -0.387 e. The maximum Gasteiger partial charge on any atom is 0.0932 e. The van der Waals surface area contributed by atoms with E-state index in [1.54, 1.807) is 0 Å². The van der Waals surface area contributed by atoms with Gasteiger partial charge in [0.05, 0.1) is 10.4 Å². The Labute approximate surface area is 111 Å². The van der Waals surface area contributed by atoms with E-state index in [-0.39, 0.29) is 0 Å². The molecule has 17 heavy (non-hydrogen) atoms. The van der Waals surface area contributed by atoms with Gasteiger partial charge >= 0.3 is 0 Å². The molecule has 1 N–H and O–H groups in total. The largest absolute Gasteiger partial charge is 0.387 e. The van der Waals surface area contributed by atoms with E-state index in [2.05, 4.69) is 31.2 Å². The van der Waals surface area contributed by atoms with Crippen LogP contribution in [0, 0.1) is 0 Å². The zero-order valence-corrected chi connectivity index (χ0v) is 11.3. The molecule has 2 rings (SSSR count). The predicted molar refractivity (Wildman–Crippen MR) is 73.8 cm³/mol. The summed E-state index contributed by atoms with van der Waals surface area (Å²) in [6, 6.07) is 12.1. The van der Waals surface area contributed by atoms with Crippen LogP contribution >= 0.6 is 22.9 Å². The monoisotopic (exact) mass is 266 g/mol. The molecule has 1 nitrogen and oxygen atoms in total. The second-order valence-electron chi connectivity index (χ2n) is 4.03. The molecule has 0 saturated carbocycles. The molecule has 1 aromatic carbocycles. The highest BCUT2D eigenvalue weighted by atomic mass is 35.5. The third-order valence-corrected chi connectivity index (χ3v) is 4.12. The first-order chi connectivity index (χ1) is 8.19. The standard InChI is InChI=1S/C14H15ClOS/c1-2-10-3-5-11(6-4-10)9-12(16)13-7-8-14(15)17-13/h3-8,12,16H,2,9H2,1H3. The Morgan fingerprint density at radius 1 is 1.12 bits per heavy atom. The number of thiophene rings is 1. The highest BCUT2D eigenvalue weighted by Gasteiger charge is 2.10. The zero-order valence-electron chi connectivity index (χ0n) is 9.69. The minimum absolute atomic E-state index is 0.458. The molecule has 0 bridgehead atoms. The second-order valence-corrected chi connectivity index (χ2v) is 5.78. The van der Waals surface area contributed by atoms with Crippen LogP contribution in [0.25, 0.3) is 0 Å². The van der Waals surface area contributed by atoms with Gasteiger partial charge in [-0.1, -0.05) is 42.8 Å². The van der Waals surface area contributed by atoms with Gasteiger partial charge in [0, 0.05) is 11.3 Å². The van der Waals surface area contributed by atoms with Crippen LogP contribution in [0.3, 0.4) is 0 Å². The van der Waals surface area contributed by atoms with Crippen molar-refractivity contribution in [3.8, 4) is 0 Å². The maximum atomic E-state index is 10.1. The Morgan fingerprint density at radius 3 is 2.29 bits per heavy atom. The van der Waals surface area contributed by atoms with Crippen molar-refractivity contribution >= 4 is 22.9 Å². The summed E-state index contributed by atoms with van der Waals surface area (Å²) in [6.45, 7) is 2.14. The van der Waals surface area contributed by atoms with Gasteiger partial charge in [-0.25, -0.2) is 0 Å². The van der Waals surface area contributed by atoms with E-state index < -0.39 is 6.10 Å². The highest BCUT2D eigenvalue weighted by Crippen LogP contribution is 2.28. The molecule has 0 saturated heterocycles. The summed E-state index contributed by atoms with van der Waals surface area (Å²) >= 11 is 7.29. The number of aliphatic hydroxyl groups excluding tert-OH is 1. The summed E-state index contributed by atoms with van der Waals surface area (Å²) in [5.41, 5.74) is 2.47. The van der Waals surface area contributed by atoms with Crippen molar-refractivity contribution in [3.05, 3.63) is 56.7 Å². The van der Waals surface area contributed by atoms with Crippen molar-refractivity contribution in [3.63, 3.8) is 0 Å². The fourth-order valence-corrected chi connectivity index (χ4v) is 2.79. The molecular formula is C14H15ClOS. The Bertz CT molecular complexity index is 475. The van der Waals surface area contributed by atoms with Crippen LogP contribution in [-0.2, 0) is 12.8 Å². The van der Waals surface area contributed by atoms with E-state index in [4.69, 9.17) is 11.6 Å². The third kappa shape index (κ3) is 3.32. The molecule has 1 aromatic heterocycles. The van der Waals surface area contributed by atoms with Crippen LogP contribution in [0.4, 0.5) is 0 Å². The minimum atomic E-state index is -0.458. The number of halogens is 1. The molecule has 1 heterocycles.